The van der Waals surface area contributed by atoms with Crippen molar-refractivity contribution in [3.05, 3.63) is 157 Å². The van der Waals surface area contributed by atoms with E-state index in [0.29, 0.717) is 5.56 Å². The molecule has 214 valence electrons. The normalized spacial score (nSPS) is 11.5. The third kappa shape index (κ3) is 4.27. The summed E-state index contributed by atoms with van der Waals surface area (Å²) >= 11 is 3.71. The Labute approximate surface area is 274 Å². The summed E-state index contributed by atoms with van der Waals surface area (Å²) in [6.07, 6.45) is 0. The van der Waals surface area contributed by atoms with Crippen LogP contribution in [0.25, 0.3) is 84.9 Å². The molecule has 2 aromatic heterocycles. The molecule has 0 N–H and O–H groups in total. The lowest BCUT2D eigenvalue weighted by molar-refractivity contribution is 1.47. The Balaban J connectivity index is 1.36. The van der Waals surface area contributed by atoms with Crippen LogP contribution >= 0.6 is 22.7 Å². The monoisotopic (exact) mass is 619 g/mol. The van der Waals surface area contributed by atoms with Crippen LogP contribution in [0.1, 0.15) is 5.56 Å². The molecule has 0 saturated heterocycles. The number of rotatable bonds is 4. The minimum absolute atomic E-state index is 0.677. The second-order valence-electron chi connectivity index (χ2n) is 11.6. The van der Waals surface area contributed by atoms with Gasteiger partial charge in [-0.05, 0) is 81.4 Å². The lowest BCUT2D eigenvalue weighted by Gasteiger charge is -2.16. The number of thiophene rings is 2. The van der Waals surface area contributed by atoms with E-state index >= 15 is 0 Å². The SMILES string of the molecule is N#Cc1ccccc1-c1ccccc1-c1cc(-c2cccc3c2sc2ccccc23)cc(-c2cccc3sc4ccccc4c23)c1. The van der Waals surface area contributed by atoms with Crippen molar-refractivity contribution in [2.45, 2.75) is 0 Å². The summed E-state index contributed by atoms with van der Waals surface area (Å²) < 4.78 is 5.19. The summed E-state index contributed by atoms with van der Waals surface area (Å²) in [6, 6.07) is 56.6. The third-order valence-electron chi connectivity index (χ3n) is 8.94. The first-order chi connectivity index (χ1) is 22.8. The van der Waals surface area contributed by atoms with Crippen LogP contribution in [-0.4, -0.2) is 0 Å². The first-order valence-corrected chi connectivity index (χ1v) is 17.0. The van der Waals surface area contributed by atoms with Gasteiger partial charge in [0.25, 0.3) is 0 Å². The van der Waals surface area contributed by atoms with Crippen LogP contribution in [0.5, 0.6) is 0 Å². The van der Waals surface area contributed by atoms with E-state index in [1.807, 2.05) is 40.9 Å². The minimum atomic E-state index is 0.677. The quantitative estimate of drug-likeness (QED) is 0.192. The van der Waals surface area contributed by atoms with E-state index in [1.165, 1.54) is 62.6 Å². The highest BCUT2D eigenvalue weighted by Crippen LogP contribution is 2.45. The van der Waals surface area contributed by atoms with Gasteiger partial charge in [-0.1, -0.05) is 109 Å². The van der Waals surface area contributed by atoms with Crippen molar-refractivity contribution < 1.29 is 0 Å². The topological polar surface area (TPSA) is 23.8 Å². The molecule has 0 amide bonds. The Kier molecular flexibility index (Phi) is 6.31. The Morgan fingerprint density at radius 1 is 0.391 bits per heavy atom. The maximum absolute atomic E-state index is 10.0. The van der Waals surface area contributed by atoms with Crippen LogP contribution in [0.15, 0.2) is 152 Å². The summed E-state index contributed by atoms with van der Waals surface area (Å²) in [5, 5.41) is 15.2. The van der Waals surface area contributed by atoms with E-state index < -0.39 is 0 Å². The third-order valence-corrected chi connectivity index (χ3v) is 11.3. The lowest BCUT2D eigenvalue weighted by Crippen LogP contribution is -1.91. The summed E-state index contributed by atoms with van der Waals surface area (Å²) in [4.78, 5) is 0. The molecule has 0 radical (unpaired) electrons. The molecule has 0 saturated carbocycles. The molecule has 0 aliphatic carbocycles. The van der Waals surface area contributed by atoms with Gasteiger partial charge < -0.3 is 0 Å². The van der Waals surface area contributed by atoms with Gasteiger partial charge in [-0.25, -0.2) is 0 Å². The molecule has 0 atom stereocenters. The molecule has 0 aliphatic heterocycles. The van der Waals surface area contributed by atoms with E-state index in [2.05, 4.69) is 140 Å². The molecule has 0 spiro atoms. The van der Waals surface area contributed by atoms with Crippen LogP contribution in [0.3, 0.4) is 0 Å². The number of fused-ring (bicyclic) bond motifs is 6. The average Bonchev–Trinajstić information content (AvgIpc) is 3.70. The zero-order chi connectivity index (χ0) is 30.6. The van der Waals surface area contributed by atoms with E-state index in [0.717, 1.165) is 22.3 Å². The largest absolute Gasteiger partial charge is 0.192 e. The van der Waals surface area contributed by atoms with Crippen LogP contribution in [-0.2, 0) is 0 Å². The van der Waals surface area contributed by atoms with Crippen molar-refractivity contribution >= 4 is 63.0 Å². The highest BCUT2D eigenvalue weighted by molar-refractivity contribution is 7.26. The molecule has 7 aromatic carbocycles. The van der Waals surface area contributed by atoms with Gasteiger partial charge in [-0.3, -0.25) is 0 Å². The van der Waals surface area contributed by atoms with Crippen molar-refractivity contribution in [2.24, 2.45) is 0 Å². The Morgan fingerprint density at radius 3 is 1.72 bits per heavy atom. The predicted molar refractivity (Wildman–Crippen MR) is 199 cm³/mol. The number of nitrogens with zero attached hydrogens (tertiary/aromatic N) is 1. The molecule has 2 heterocycles. The van der Waals surface area contributed by atoms with Gasteiger partial charge in [0.1, 0.15) is 0 Å². The maximum atomic E-state index is 10.0. The second-order valence-corrected chi connectivity index (χ2v) is 13.7. The summed E-state index contributed by atoms with van der Waals surface area (Å²) in [5.41, 5.74) is 9.76. The van der Waals surface area contributed by atoms with Crippen molar-refractivity contribution in [3.8, 4) is 50.6 Å². The van der Waals surface area contributed by atoms with Gasteiger partial charge in [-0.15, -0.1) is 22.7 Å². The zero-order valence-corrected chi connectivity index (χ0v) is 26.3. The molecular weight excluding hydrogens is 595 g/mol. The van der Waals surface area contributed by atoms with Crippen LogP contribution in [0, 0.1) is 11.3 Å². The first-order valence-electron chi connectivity index (χ1n) is 15.3. The fraction of sp³-hybridized carbons (Fsp3) is 0. The average molecular weight is 620 g/mol. The molecular formula is C43H25NS2. The lowest BCUT2D eigenvalue weighted by atomic mass is 9.88. The van der Waals surface area contributed by atoms with Gasteiger partial charge in [0.05, 0.1) is 11.6 Å². The molecule has 0 fully saturated rings. The number of nitriles is 1. The van der Waals surface area contributed by atoms with Crippen LogP contribution in [0.2, 0.25) is 0 Å². The van der Waals surface area contributed by atoms with Gasteiger partial charge in [0.2, 0.25) is 0 Å². The standard InChI is InChI=1S/C43H25NS2/c44-26-27-11-1-2-12-31(27)35-14-4-3-13-32(35)28-23-29(33-17-10-22-41-42(33)38-16-6-8-21-40(38)45-41)25-30(24-28)34-18-9-19-37-36-15-5-7-20-39(36)46-43(34)37/h1-25H. The van der Waals surface area contributed by atoms with Gasteiger partial charge in [0, 0.05) is 45.9 Å². The summed E-state index contributed by atoms with van der Waals surface area (Å²) in [7, 11) is 0. The minimum Gasteiger partial charge on any atom is -0.192 e. The zero-order valence-electron chi connectivity index (χ0n) is 24.7. The van der Waals surface area contributed by atoms with Gasteiger partial charge in [0.15, 0.2) is 0 Å². The van der Waals surface area contributed by atoms with Crippen LogP contribution < -0.4 is 0 Å². The molecule has 3 heteroatoms. The number of benzene rings is 7. The molecule has 9 rings (SSSR count). The highest BCUT2D eigenvalue weighted by atomic mass is 32.1. The van der Waals surface area contributed by atoms with E-state index in [1.54, 1.807) is 0 Å². The molecule has 0 bridgehead atoms. The van der Waals surface area contributed by atoms with E-state index in [9.17, 15) is 5.26 Å². The maximum Gasteiger partial charge on any atom is 0.0998 e. The fourth-order valence-electron chi connectivity index (χ4n) is 6.87. The Hall–Kier alpha value is -5.53. The smallest absolute Gasteiger partial charge is 0.0998 e. The molecule has 0 aliphatic rings. The highest BCUT2D eigenvalue weighted by Gasteiger charge is 2.18. The van der Waals surface area contributed by atoms with Gasteiger partial charge >= 0.3 is 0 Å². The van der Waals surface area contributed by atoms with E-state index in [-0.39, 0.29) is 0 Å². The van der Waals surface area contributed by atoms with Crippen molar-refractivity contribution in [2.75, 3.05) is 0 Å². The number of hydrogen-bond acceptors (Lipinski definition) is 3. The molecule has 9 aromatic rings. The van der Waals surface area contributed by atoms with Crippen molar-refractivity contribution in [1.82, 2.24) is 0 Å². The van der Waals surface area contributed by atoms with E-state index in [4.69, 9.17) is 0 Å². The van der Waals surface area contributed by atoms with Crippen LogP contribution in [0.4, 0.5) is 0 Å². The summed E-state index contributed by atoms with van der Waals surface area (Å²) in [5.74, 6) is 0. The predicted octanol–water partition coefficient (Wildman–Crippen LogP) is 13.0. The van der Waals surface area contributed by atoms with Crippen molar-refractivity contribution in [1.29, 1.82) is 5.26 Å². The first kappa shape index (κ1) is 26.8. The van der Waals surface area contributed by atoms with Gasteiger partial charge in [-0.2, -0.15) is 5.26 Å². The number of hydrogen-bond donors (Lipinski definition) is 0. The Morgan fingerprint density at radius 2 is 0.913 bits per heavy atom. The molecule has 1 nitrogen and oxygen atoms in total. The summed E-state index contributed by atoms with van der Waals surface area (Å²) in [6.45, 7) is 0. The van der Waals surface area contributed by atoms with Crippen molar-refractivity contribution in [3.63, 3.8) is 0 Å². The molecule has 46 heavy (non-hydrogen) atoms. The second kappa shape index (κ2) is 10.8. The Bertz CT molecular complexity index is 2670. The molecule has 0 unspecified atom stereocenters. The fourth-order valence-corrected chi connectivity index (χ4v) is 9.24.